The van der Waals surface area contributed by atoms with E-state index in [1.807, 2.05) is 12.1 Å². The maximum absolute atomic E-state index is 14.5. The number of nitrogens with zero attached hydrogens (tertiary/aromatic N) is 5. The van der Waals surface area contributed by atoms with Gasteiger partial charge in [-0.05, 0) is 30.0 Å². The van der Waals surface area contributed by atoms with Crippen molar-refractivity contribution >= 4 is 5.82 Å². The molecular formula is C18H14FN5. The van der Waals surface area contributed by atoms with Crippen molar-refractivity contribution in [2.45, 2.75) is 24.9 Å². The van der Waals surface area contributed by atoms with E-state index in [-0.39, 0.29) is 12.1 Å². The van der Waals surface area contributed by atoms with Crippen LogP contribution < -0.4 is 4.90 Å². The Labute approximate surface area is 138 Å². The van der Waals surface area contributed by atoms with Crippen LogP contribution in [-0.2, 0) is 0 Å². The lowest BCUT2D eigenvalue weighted by Crippen LogP contribution is -2.21. The summed E-state index contributed by atoms with van der Waals surface area (Å²) < 4.78 is 14.5. The quantitative estimate of drug-likeness (QED) is 0.724. The molecule has 1 aromatic carbocycles. The summed E-state index contributed by atoms with van der Waals surface area (Å²) in [5.74, 6) is 0.695. The zero-order valence-corrected chi connectivity index (χ0v) is 12.8. The van der Waals surface area contributed by atoms with Gasteiger partial charge in [0, 0.05) is 12.4 Å². The average molecular weight is 319 g/mol. The van der Waals surface area contributed by atoms with E-state index in [1.165, 1.54) is 17.3 Å². The second-order valence-electron chi connectivity index (χ2n) is 6.08. The summed E-state index contributed by atoms with van der Waals surface area (Å²) in [7, 11) is 0. The normalized spacial score (nSPS) is 21.1. The summed E-state index contributed by atoms with van der Waals surface area (Å²) in [4.78, 5) is 18.9. The lowest BCUT2D eigenvalue weighted by atomic mass is 9.92. The number of hydrogen-bond donors (Lipinski definition) is 0. The van der Waals surface area contributed by atoms with E-state index in [4.69, 9.17) is 0 Å². The molecule has 2 atom stereocenters. The molecule has 6 heteroatoms. The van der Waals surface area contributed by atoms with Gasteiger partial charge in [0.2, 0.25) is 0 Å². The summed E-state index contributed by atoms with van der Waals surface area (Å²) in [5.41, 5.74) is 2.56. The third-order valence-corrected chi connectivity index (χ3v) is 4.84. The van der Waals surface area contributed by atoms with Crippen molar-refractivity contribution in [1.82, 2.24) is 19.9 Å². The molecule has 1 saturated heterocycles. The van der Waals surface area contributed by atoms with Crippen LogP contribution in [0.25, 0.3) is 11.6 Å². The molecule has 2 aromatic heterocycles. The van der Waals surface area contributed by atoms with Crippen molar-refractivity contribution in [3.63, 3.8) is 0 Å². The van der Waals surface area contributed by atoms with E-state index in [0.717, 1.165) is 12.8 Å². The molecule has 1 fully saturated rings. The molecule has 0 radical (unpaired) electrons. The SMILES string of the molecule is Fc1cnc(-c2ncccn2)nc1N1C2CCC1c1ccccc12. The largest absolute Gasteiger partial charge is 0.340 e. The lowest BCUT2D eigenvalue weighted by molar-refractivity contribution is 0.592. The molecule has 5 nitrogen and oxygen atoms in total. The van der Waals surface area contributed by atoms with Gasteiger partial charge < -0.3 is 4.90 Å². The van der Waals surface area contributed by atoms with Gasteiger partial charge in [-0.2, -0.15) is 0 Å². The molecule has 2 unspecified atom stereocenters. The molecule has 3 aromatic rings. The fourth-order valence-electron chi connectivity index (χ4n) is 3.90. The van der Waals surface area contributed by atoms with Crippen LogP contribution in [0.1, 0.15) is 36.1 Å². The summed E-state index contributed by atoms with van der Waals surface area (Å²) in [6.07, 6.45) is 6.51. The molecule has 0 amide bonds. The van der Waals surface area contributed by atoms with E-state index in [1.54, 1.807) is 18.5 Å². The van der Waals surface area contributed by atoms with Gasteiger partial charge in [0.1, 0.15) is 0 Å². The maximum Gasteiger partial charge on any atom is 0.199 e. The molecule has 0 N–H and O–H groups in total. The molecule has 0 spiro atoms. The first-order valence-electron chi connectivity index (χ1n) is 8.00. The number of aromatic nitrogens is 4. The van der Waals surface area contributed by atoms with Crippen LogP contribution in [-0.4, -0.2) is 19.9 Å². The Morgan fingerprint density at radius 2 is 1.54 bits per heavy atom. The maximum atomic E-state index is 14.5. The molecular weight excluding hydrogens is 305 g/mol. The second kappa shape index (κ2) is 5.06. The summed E-state index contributed by atoms with van der Waals surface area (Å²) in [6, 6.07) is 10.4. The Morgan fingerprint density at radius 3 is 2.21 bits per heavy atom. The first kappa shape index (κ1) is 13.5. The Morgan fingerprint density at radius 1 is 0.875 bits per heavy atom. The second-order valence-corrected chi connectivity index (χ2v) is 6.08. The Balaban J connectivity index is 1.61. The monoisotopic (exact) mass is 319 g/mol. The van der Waals surface area contributed by atoms with Gasteiger partial charge >= 0.3 is 0 Å². The first-order valence-corrected chi connectivity index (χ1v) is 8.00. The number of anilines is 1. The van der Waals surface area contributed by atoms with E-state index >= 15 is 0 Å². The molecule has 2 aliphatic heterocycles. The standard InChI is InChI=1S/C18H14FN5/c19-13-10-22-17(16-20-8-3-9-21-16)23-18(13)24-14-6-7-15(24)12-5-2-1-4-11(12)14/h1-5,8-10,14-15H,6-7H2. The molecule has 0 saturated carbocycles. The van der Waals surface area contributed by atoms with Crippen molar-refractivity contribution in [2.24, 2.45) is 0 Å². The number of benzene rings is 1. The zero-order valence-electron chi connectivity index (χ0n) is 12.8. The predicted molar refractivity (Wildman–Crippen MR) is 86.7 cm³/mol. The summed E-state index contributed by atoms with van der Waals surface area (Å²) in [6.45, 7) is 0. The van der Waals surface area contributed by atoms with E-state index in [9.17, 15) is 4.39 Å². The van der Waals surface area contributed by atoms with Crippen LogP contribution in [0.4, 0.5) is 10.2 Å². The molecule has 5 rings (SSSR count). The van der Waals surface area contributed by atoms with Crippen molar-refractivity contribution < 1.29 is 4.39 Å². The fraction of sp³-hybridized carbons (Fsp3) is 0.222. The Kier molecular flexibility index (Phi) is 2.85. The van der Waals surface area contributed by atoms with Crippen LogP contribution in [0.3, 0.4) is 0 Å². The molecule has 0 aliphatic carbocycles. The highest BCUT2D eigenvalue weighted by Gasteiger charge is 2.45. The molecule has 24 heavy (non-hydrogen) atoms. The van der Waals surface area contributed by atoms with E-state index in [0.29, 0.717) is 17.5 Å². The van der Waals surface area contributed by atoms with Crippen molar-refractivity contribution in [1.29, 1.82) is 0 Å². The van der Waals surface area contributed by atoms with E-state index < -0.39 is 5.82 Å². The predicted octanol–water partition coefficient (Wildman–Crippen LogP) is 3.47. The highest BCUT2D eigenvalue weighted by molar-refractivity contribution is 5.58. The summed E-state index contributed by atoms with van der Waals surface area (Å²) >= 11 is 0. The molecule has 4 heterocycles. The van der Waals surface area contributed by atoms with Crippen LogP contribution in [0, 0.1) is 5.82 Å². The number of hydrogen-bond acceptors (Lipinski definition) is 5. The van der Waals surface area contributed by atoms with Crippen LogP contribution >= 0.6 is 0 Å². The van der Waals surface area contributed by atoms with Gasteiger partial charge in [0.05, 0.1) is 18.3 Å². The minimum atomic E-state index is -0.403. The van der Waals surface area contributed by atoms with Gasteiger partial charge in [-0.1, -0.05) is 24.3 Å². The average Bonchev–Trinajstić information content (AvgIpc) is 3.20. The molecule has 2 bridgehead atoms. The molecule has 2 aliphatic rings. The lowest BCUT2D eigenvalue weighted by Gasteiger charge is -2.24. The van der Waals surface area contributed by atoms with Crippen molar-refractivity contribution in [2.75, 3.05) is 4.90 Å². The van der Waals surface area contributed by atoms with Crippen LogP contribution in [0.5, 0.6) is 0 Å². The highest BCUT2D eigenvalue weighted by Crippen LogP contribution is 2.54. The topological polar surface area (TPSA) is 54.8 Å². The molecule has 118 valence electrons. The zero-order chi connectivity index (χ0) is 16.1. The first-order chi connectivity index (χ1) is 11.8. The number of rotatable bonds is 2. The van der Waals surface area contributed by atoms with Crippen molar-refractivity contribution in [3.05, 3.63) is 65.9 Å². The van der Waals surface area contributed by atoms with Crippen LogP contribution in [0.15, 0.2) is 48.9 Å². The Hall–Kier alpha value is -2.89. The van der Waals surface area contributed by atoms with Crippen molar-refractivity contribution in [3.8, 4) is 11.6 Å². The smallest absolute Gasteiger partial charge is 0.199 e. The third kappa shape index (κ3) is 1.86. The third-order valence-electron chi connectivity index (χ3n) is 4.84. The Bertz CT molecular complexity index is 883. The summed E-state index contributed by atoms with van der Waals surface area (Å²) in [5, 5.41) is 0. The van der Waals surface area contributed by atoms with Gasteiger partial charge in [-0.3, -0.25) is 0 Å². The minimum Gasteiger partial charge on any atom is -0.340 e. The van der Waals surface area contributed by atoms with Gasteiger partial charge in [-0.15, -0.1) is 0 Å². The highest BCUT2D eigenvalue weighted by atomic mass is 19.1. The number of fused-ring (bicyclic) bond motifs is 5. The van der Waals surface area contributed by atoms with Gasteiger partial charge in [0.15, 0.2) is 23.3 Å². The fourth-order valence-corrected chi connectivity index (χ4v) is 3.90. The number of halogens is 1. The van der Waals surface area contributed by atoms with Crippen LogP contribution in [0.2, 0.25) is 0 Å². The van der Waals surface area contributed by atoms with E-state index in [2.05, 4.69) is 37.0 Å². The van der Waals surface area contributed by atoms with Gasteiger partial charge in [0.25, 0.3) is 0 Å². The van der Waals surface area contributed by atoms with Gasteiger partial charge in [-0.25, -0.2) is 24.3 Å². The minimum absolute atomic E-state index is 0.181.